The number of hydrogen-bond acceptors (Lipinski definition) is 12. The van der Waals surface area contributed by atoms with Gasteiger partial charge in [0.2, 0.25) is 12.6 Å². The summed E-state index contributed by atoms with van der Waals surface area (Å²) in [5.41, 5.74) is -0.618. The van der Waals surface area contributed by atoms with E-state index in [1.165, 1.54) is 12.2 Å². The number of carbonyl (C=O) groups excluding carboxylic acids is 2. The molecule has 2 fully saturated rings. The van der Waals surface area contributed by atoms with E-state index in [-0.39, 0.29) is 17.6 Å². The number of ether oxygens (including phenoxy) is 5. The van der Waals surface area contributed by atoms with Gasteiger partial charge in [0.15, 0.2) is 6.29 Å². The minimum absolute atomic E-state index is 0.0658. The predicted molar refractivity (Wildman–Crippen MR) is 129 cm³/mol. The Hall–Kier alpha value is -2.58. The molecule has 38 heavy (non-hydrogen) atoms. The summed E-state index contributed by atoms with van der Waals surface area (Å²) < 4.78 is 27.3. The van der Waals surface area contributed by atoms with Crippen LogP contribution in [0, 0.1) is 11.8 Å². The van der Waals surface area contributed by atoms with Crippen molar-refractivity contribution in [1.82, 2.24) is 0 Å². The van der Waals surface area contributed by atoms with Crippen LogP contribution in [0.15, 0.2) is 48.8 Å². The molecule has 3 rings (SSSR count). The number of allylic oxidation sites excluding steroid dienone is 1. The Kier molecular flexibility index (Phi) is 9.87. The zero-order valence-electron chi connectivity index (χ0n) is 21.3. The van der Waals surface area contributed by atoms with Crippen molar-refractivity contribution in [3.63, 3.8) is 0 Å². The zero-order valence-corrected chi connectivity index (χ0v) is 21.3. The van der Waals surface area contributed by atoms with Gasteiger partial charge in [0, 0.05) is 23.8 Å². The van der Waals surface area contributed by atoms with Gasteiger partial charge < -0.3 is 49.2 Å². The first-order chi connectivity index (χ1) is 17.9. The van der Waals surface area contributed by atoms with Crippen LogP contribution in [0.4, 0.5) is 0 Å². The summed E-state index contributed by atoms with van der Waals surface area (Å²) in [5, 5.41) is 49.7. The topological polar surface area (TPSA) is 181 Å². The highest BCUT2D eigenvalue weighted by Crippen LogP contribution is 2.40. The second-order valence-corrected chi connectivity index (χ2v) is 9.79. The highest BCUT2D eigenvalue weighted by Gasteiger charge is 2.49. The largest absolute Gasteiger partial charge is 0.471 e. The predicted octanol–water partition coefficient (Wildman–Crippen LogP) is -0.0588. The average molecular weight is 541 g/mol. The second kappa shape index (κ2) is 12.5. The highest BCUT2D eigenvalue weighted by atomic mass is 16.8. The van der Waals surface area contributed by atoms with Crippen LogP contribution in [0.1, 0.15) is 33.1 Å². The summed E-state index contributed by atoms with van der Waals surface area (Å²) in [5.74, 6) is -2.72. The van der Waals surface area contributed by atoms with E-state index in [2.05, 4.69) is 13.2 Å². The lowest BCUT2D eigenvalue weighted by molar-refractivity contribution is -0.340. The van der Waals surface area contributed by atoms with Crippen LogP contribution in [-0.2, 0) is 33.3 Å². The smallest absolute Gasteiger partial charge is 0.340 e. The van der Waals surface area contributed by atoms with Crippen molar-refractivity contribution in [2.75, 3.05) is 6.61 Å². The van der Waals surface area contributed by atoms with Gasteiger partial charge in [0.05, 0.1) is 24.0 Å². The molecule has 0 aromatic heterocycles. The first-order valence-electron chi connectivity index (χ1n) is 12.3. The average Bonchev–Trinajstić information content (AvgIpc) is 2.88. The maximum Gasteiger partial charge on any atom is 0.340 e. The molecular formula is C26H36O12. The van der Waals surface area contributed by atoms with Gasteiger partial charge in [-0.05, 0) is 26.7 Å². The summed E-state index contributed by atoms with van der Waals surface area (Å²) in [7, 11) is 0. The summed E-state index contributed by atoms with van der Waals surface area (Å²) in [6.07, 6.45) is -3.37. The van der Waals surface area contributed by atoms with Crippen molar-refractivity contribution in [1.29, 1.82) is 0 Å². The van der Waals surface area contributed by atoms with E-state index >= 15 is 0 Å². The van der Waals surface area contributed by atoms with Crippen molar-refractivity contribution >= 4 is 11.9 Å². The SMILES string of the molecule is C=CC1C(OC2OC(CO)C(O)C(O)C2O)OC=C2C(=O)OC(OC(=O)C(C)=CCCC(C)(O)C=C)CC21. The van der Waals surface area contributed by atoms with Crippen LogP contribution < -0.4 is 0 Å². The number of hydrogen-bond donors (Lipinski definition) is 5. The third kappa shape index (κ3) is 6.70. The Morgan fingerprint density at radius 3 is 2.55 bits per heavy atom. The number of esters is 2. The van der Waals surface area contributed by atoms with Gasteiger partial charge in [-0.25, -0.2) is 9.59 Å². The first kappa shape index (κ1) is 30.0. The van der Waals surface area contributed by atoms with Gasteiger partial charge in [-0.3, -0.25) is 0 Å². The molecule has 3 aliphatic heterocycles. The van der Waals surface area contributed by atoms with Crippen molar-refractivity contribution in [3.05, 3.63) is 48.8 Å². The third-order valence-electron chi connectivity index (χ3n) is 6.92. The summed E-state index contributed by atoms with van der Waals surface area (Å²) in [4.78, 5) is 25.2. The molecule has 0 aliphatic carbocycles. The fraction of sp³-hybridized carbons (Fsp3) is 0.615. The molecule has 5 N–H and O–H groups in total. The maximum absolute atomic E-state index is 12.6. The summed E-state index contributed by atoms with van der Waals surface area (Å²) in [6.45, 7) is 9.86. The Morgan fingerprint density at radius 1 is 1.21 bits per heavy atom. The van der Waals surface area contributed by atoms with Gasteiger partial charge in [0.25, 0.3) is 0 Å². The number of rotatable bonds is 10. The molecular weight excluding hydrogens is 504 g/mol. The fourth-order valence-corrected chi connectivity index (χ4v) is 4.40. The molecule has 0 spiro atoms. The Balaban J connectivity index is 1.67. The molecule has 0 aromatic rings. The molecule has 2 saturated heterocycles. The van der Waals surface area contributed by atoms with E-state index < -0.39 is 79.3 Å². The number of cyclic esters (lactones) is 1. The molecule has 0 bridgehead atoms. The van der Waals surface area contributed by atoms with Gasteiger partial charge in [-0.2, -0.15) is 0 Å². The van der Waals surface area contributed by atoms with Gasteiger partial charge in [0.1, 0.15) is 24.4 Å². The molecule has 212 valence electrons. The monoisotopic (exact) mass is 540 g/mol. The fourth-order valence-electron chi connectivity index (χ4n) is 4.40. The minimum atomic E-state index is -1.65. The van der Waals surface area contributed by atoms with E-state index in [9.17, 15) is 35.1 Å². The van der Waals surface area contributed by atoms with Crippen molar-refractivity contribution in [2.24, 2.45) is 11.8 Å². The van der Waals surface area contributed by atoms with Gasteiger partial charge in [-0.15, -0.1) is 13.2 Å². The molecule has 0 amide bonds. The number of carbonyl (C=O) groups is 2. The number of aliphatic hydroxyl groups excluding tert-OH is 4. The van der Waals surface area contributed by atoms with E-state index in [0.717, 1.165) is 6.26 Å². The maximum atomic E-state index is 12.6. The van der Waals surface area contributed by atoms with Gasteiger partial charge in [-0.1, -0.05) is 18.2 Å². The molecule has 0 saturated carbocycles. The summed E-state index contributed by atoms with van der Waals surface area (Å²) >= 11 is 0. The van der Waals surface area contributed by atoms with E-state index in [0.29, 0.717) is 12.8 Å². The van der Waals surface area contributed by atoms with Crippen LogP contribution in [0.3, 0.4) is 0 Å². The molecule has 10 atom stereocenters. The van der Waals surface area contributed by atoms with Crippen LogP contribution in [0.5, 0.6) is 0 Å². The second-order valence-electron chi connectivity index (χ2n) is 9.79. The minimum Gasteiger partial charge on any atom is -0.471 e. The van der Waals surface area contributed by atoms with Crippen LogP contribution in [0.25, 0.3) is 0 Å². The molecule has 3 heterocycles. The number of aliphatic hydroxyl groups is 5. The van der Waals surface area contributed by atoms with E-state index in [1.807, 2.05) is 0 Å². The Bertz CT molecular complexity index is 954. The van der Waals surface area contributed by atoms with Crippen LogP contribution >= 0.6 is 0 Å². The van der Waals surface area contributed by atoms with Crippen molar-refractivity contribution < 1.29 is 58.8 Å². The Morgan fingerprint density at radius 2 is 1.92 bits per heavy atom. The standard InChI is InChI=1S/C26H36O12/c1-5-14-15-10-18(36-22(31)13(3)8-7-9-26(4,33)6-2)37-23(32)16(15)12-34-24(14)38-25-21(30)20(29)19(28)17(11-27)35-25/h5-6,8,12,14-15,17-21,24-25,27-30,33H,1-2,7,9-11H2,3-4H3. The zero-order chi connectivity index (χ0) is 28.2. The molecule has 12 nitrogen and oxygen atoms in total. The Labute approximate surface area is 220 Å². The van der Waals surface area contributed by atoms with Crippen LogP contribution in [-0.4, -0.2) is 93.0 Å². The van der Waals surface area contributed by atoms with E-state index in [4.69, 9.17) is 23.7 Å². The lowest BCUT2D eigenvalue weighted by atomic mass is 9.80. The molecule has 10 unspecified atom stereocenters. The third-order valence-corrected chi connectivity index (χ3v) is 6.92. The molecule has 0 radical (unpaired) electrons. The normalized spacial score (nSPS) is 37.0. The number of fused-ring (bicyclic) bond motifs is 1. The quantitative estimate of drug-likeness (QED) is 0.142. The van der Waals surface area contributed by atoms with Crippen LogP contribution in [0.2, 0.25) is 0 Å². The summed E-state index contributed by atoms with van der Waals surface area (Å²) in [6, 6.07) is 0. The van der Waals surface area contributed by atoms with E-state index in [1.54, 1.807) is 19.9 Å². The van der Waals surface area contributed by atoms with Crippen molar-refractivity contribution in [3.8, 4) is 0 Å². The highest BCUT2D eigenvalue weighted by molar-refractivity contribution is 5.91. The lowest BCUT2D eigenvalue weighted by Gasteiger charge is -2.44. The molecule has 12 heteroatoms. The van der Waals surface area contributed by atoms with Crippen molar-refractivity contribution in [2.45, 2.75) is 82.0 Å². The lowest BCUT2D eigenvalue weighted by Crippen LogP contribution is -2.60. The van der Waals surface area contributed by atoms with Gasteiger partial charge >= 0.3 is 11.9 Å². The first-order valence-corrected chi connectivity index (χ1v) is 12.3. The molecule has 0 aromatic carbocycles. The molecule has 3 aliphatic rings.